The van der Waals surface area contributed by atoms with Gasteiger partial charge in [0.15, 0.2) is 6.10 Å². The molecule has 1 saturated heterocycles. The van der Waals surface area contributed by atoms with Crippen LogP contribution in [0.1, 0.15) is 12.0 Å². The SMILES string of the molecule is [C-]#[N+][C@@H]1C[C@@H]2O[C@H]1C=C2c1cnc2[nH]cc(-c3cnn(C)c3)c2c1. The Morgan fingerprint density at radius 2 is 2.29 bits per heavy atom. The summed E-state index contributed by atoms with van der Waals surface area (Å²) in [6.45, 7) is 7.23. The molecule has 6 nitrogen and oxygen atoms in total. The number of pyridine rings is 1. The van der Waals surface area contributed by atoms with Crippen LogP contribution < -0.4 is 0 Å². The van der Waals surface area contributed by atoms with Gasteiger partial charge in [0.2, 0.25) is 0 Å². The number of hydrogen-bond donors (Lipinski definition) is 1. The van der Waals surface area contributed by atoms with Gasteiger partial charge in [-0.05, 0) is 23.3 Å². The van der Waals surface area contributed by atoms with Crippen LogP contribution in [0.5, 0.6) is 0 Å². The van der Waals surface area contributed by atoms with Crippen LogP contribution in [-0.2, 0) is 11.8 Å². The van der Waals surface area contributed by atoms with Gasteiger partial charge in [-0.3, -0.25) is 4.68 Å². The van der Waals surface area contributed by atoms with Gasteiger partial charge in [0.05, 0.1) is 18.7 Å². The average Bonchev–Trinajstić information content (AvgIpc) is 3.35. The van der Waals surface area contributed by atoms with Crippen molar-refractivity contribution < 1.29 is 4.74 Å². The molecule has 0 aliphatic carbocycles. The van der Waals surface area contributed by atoms with Gasteiger partial charge in [-0.1, -0.05) is 0 Å². The minimum absolute atomic E-state index is 0.0223. The van der Waals surface area contributed by atoms with E-state index in [-0.39, 0.29) is 18.2 Å². The van der Waals surface area contributed by atoms with Crippen molar-refractivity contribution in [2.75, 3.05) is 0 Å². The maximum absolute atomic E-state index is 7.23. The second kappa shape index (κ2) is 4.79. The van der Waals surface area contributed by atoms with E-state index >= 15 is 0 Å². The van der Waals surface area contributed by atoms with Crippen molar-refractivity contribution in [2.24, 2.45) is 7.05 Å². The summed E-state index contributed by atoms with van der Waals surface area (Å²) in [5.74, 6) is 0. The van der Waals surface area contributed by atoms with Gasteiger partial charge in [-0.25, -0.2) is 11.6 Å². The van der Waals surface area contributed by atoms with Crippen LogP contribution in [0.2, 0.25) is 0 Å². The number of ether oxygens (including phenoxy) is 1. The maximum Gasteiger partial charge on any atom is 0.255 e. The Hall–Kier alpha value is -2.91. The molecule has 1 N–H and O–H groups in total. The molecule has 0 unspecified atom stereocenters. The fourth-order valence-electron chi connectivity index (χ4n) is 3.69. The first kappa shape index (κ1) is 13.5. The van der Waals surface area contributed by atoms with Crippen LogP contribution in [0.15, 0.2) is 36.9 Å². The second-order valence-electron chi connectivity index (χ2n) is 6.37. The van der Waals surface area contributed by atoms with E-state index in [1.165, 1.54) is 0 Å². The predicted octanol–water partition coefficient (Wildman–Crippen LogP) is 2.81. The number of aryl methyl sites for hydroxylation is 1. The van der Waals surface area contributed by atoms with Gasteiger partial charge in [-0.15, -0.1) is 0 Å². The standard InChI is InChI=1S/C18H15N5O/c1-19-15-5-16-12(4-17(15)24-16)10-3-13-14(8-21-18(13)20-6-10)11-7-22-23(2)9-11/h3-4,6-9,15-17H,5H2,2H3,(H,20,21)/t15-,16+,17+/m1/s1. The first-order valence-electron chi connectivity index (χ1n) is 7.93. The number of rotatable bonds is 2. The highest BCUT2D eigenvalue weighted by Gasteiger charge is 2.46. The van der Waals surface area contributed by atoms with Crippen molar-refractivity contribution >= 4 is 16.6 Å². The van der Waals surface area contributed by atoms with Crippen LogP contribution >= 0.6 is 0 Å². The zero-order valence-electron chi connectivity index (χ0n) is 13.1. The molecule has 5 rings (SSSR count). The minimum Gasteiger partial charge on any atom is -0.358 e. The van der Waals surface area contributed by atoms with Crippen molar-refractivity contribution in [1.82, 2.24) is 19.7 Å². The molecule has 0 amide bonds. The van der Waals surface area contributed by atoms with Crippen molar-refractivity contribution in [1.29, 1.82) is 0 Å². The van der Waals surface area contributed by atoms with Gasteiger partial charge in [-0.2, -0.15) is 5.10 Å². The summed E-state index contributed by atoms with van der Waals surface area (Å²) in [5, 5.41) is 5.33. The number of hydrogen-bond acceptors (Lipinski definition) is 3. The largest absolute Gasteiger partial charge is 0.358 e. The van der Waals surface area contributed by atoms with Gasteiger partial charge in [0, 0.05) is 42.2 Å². The van der Waals surface area contributed by atoms with E-state index in [2.05, 4.69) is 32.1 Å². The lowest BCUT2D eigenvalue weighted by Gasteiger charge is -2.11. The van der Waals surface area contributed by atoms with E-state index in [0.717, 1.165) is 39.7 Å². The summed E-state index contributed by atoms with van der Waals surface area (Å²) < 4.78 is 7.69. The average molecular weight is 317 g/mol. The van der Waals surface area contributed by atoms with Gasteiger partial charge in [0.25, 0.3) is 6.04 Å². The lowest BCUT2D eigenvalue weighted by atomic mass is 9.91. The number of nitrogens with one attached hydrogen (secondary N) is 1. The lowest BCUT2D eigenvalue weighted by molar-refractivity contribution is 0.123. The molecule has 3 aromatic heterocycles. The van der Waals surface area contributed by atoms with E-state index in [1.807, 2.05) is 31.8 Å². The van der Waals surface area contributed by atoms with Crippen LogP contribution in [-0.4, -0.2) is 38.0 Å². The minimum atomic E-state index is -0.0674. The van der Waals surface area contributed by atoms with Crippen molar-refractivity contribution in [3.63, 3.8) is 0 Å². The topological polar surface area (TPSA) is 60.1 Å². The molecule has 0 saturated carbocycles. The zero-order valence-corrected chi connectivity index (χ0v) is 13.1. The smallest absolute Gasteiger partial charge is 0.255 e. The molecule has 2 aliphatic rings. The molecule has 0 aromatic carbocycles. The van der Waals surface area contributed by atoms with Gasteiger partial charge < -0.3 is 14.6 Å². The van der Waals surface area contributed by atoms with Crippen LogP contribution in [0, 0.1) is 6.57 Å². The Morgan fingerprint density at radius 3 is 3.00 bits per heavy atom. The Kier molecular flexibility index (Phi) is 2.70. The lowest BCUT2D eigenvalue weighted by Crippen LogP contribution is -2.16. The first-order valence-corrected chi connectivity index (χ1v) is 7.93. The molecule has 2 aliphatic heterocycles. The Labute approximate surface area is 138 Å². The third-order valence-corrected chi connectivity index (χ3v) is 4.89. The molecular formula is C18H15N5O. The normalized spacial score (nSPS) is 25.2. The first-order chi connectivity index (χ1) is 11.7. The summed E-state index contributed by atoms with van der Waals surface area (Å²) in [7, 11) is 1.91. The Balaban J connectivity index is 1.60. The molecule has 3 aromatic rings. The zero-order chi connectivity index (χ0) is 16.3. The fourth-order valence-corrected chi connectivity index (χ4v) is 3.69. The van der Waals surface area contributed by atoms with Crippen LogP contribution in [0.25, 0.3) is 32.6 Å². The molecule has 5 heterocycles. The summed E-state index contributed by atoms with van der Waals surface area (Å²) in [4.78, 5) is 11.4. The van der Waals surface area contributed by atoms with Crippen molar-refractivity contribution in [2.45, 2.75) is 24.7 Å². The number of nitrogens with zero attached hydrogens (tertiary/aromatic N) is 4. The van der Waals surface area contributed by atoms with Crippen molar-refractivity contribution in [3.05, 3.63) is 53.9 Å². The third-order valence-electron chi connectivity index (χ3n) is 4.89. The predicted molar refractivity (Wildman–Crippen MR) is 89.9 cm³/mol. The summed E-state index contributed by atoms with van der Waals surface area (Å²) in [6.07, 6.45) is 10.5. The van der Waals surface area contributed by atoms with Gasteiger partial charge in [0.1, 0.15) is 5.65 Å². The molecule has 24 heavy (non-hydrogen) atoms. The molecule has 6 heteroatoms. The Bertz CT molecular complexity index is 1020. The van der Waals surface area contributed by atoms with E-state index in [4.69, 9.17) is 11.3 Å². The number of aromatic nitrogens is 4. The highest BCUT2D eigenvalue weighted by atomic mass is 16.5. The second-order valence-corrected chi connectivity index (χ2v) is 6.37. The Morgan fingerprint density at radius 1 is 1.38 bits per heavy atom. The maximum atomic E-state index is 7.23. The van der Waals surface area contributed by atoms with Gasteiger partial charge >= 0.3 is 0 Å². The molecule has 1 fully saturated rings. The molecule has 3 atom stereocenters. The van der Waals surface area contributed by atoms with E-state index in [9.17, 15) is 0 Å². The molecule has 0 radical (unpaired) electrons. The van der Waals surface area contributed by atoms with E-state index in [1.54, 1.807) is 4.68 Å². The monoisotopic (exact) mass is 317 g/mol. The van der Waals surface area contributed by atoms with E-state index in [0.29, 0.717) is 0 Å². The summed E-state index contributed by atoms with van der Waals surface area (Å²) in [6, 6.07) is 2.12. The number of H-pyrrole nitrogens is 1. The molecule has 2 bridgehead atoms. The van der Waals surface area contributed by atoms with Crippen LogP contribution in [0.4, 0.5) is 0 Å². The highest BCUT2D eigenvalue weighted by Crippen LogP contribution is 2.41. The number of fused-ring (bicyclic) bond motifs is 3. The number of aromatic amines is 1. The van der Waals surface area contributed by atoms with E-state index < -0.39 is 0 Å². The molecule has 118 valence electrons. The quantitative estimate of drug-likeness (QED) is 0.739. The molecule has 0 spiro atoms. The summed E-state index contributed by atoms with van der Waals surface area (Å²) >= 11 is 0. The van der Waals surface area contributed by atoms with Crippen molar-refractivity contribution in [3.8, 4) is 11.1 Å². The summed E-state index contributed by atoms with van der Waals surface area (Å²) in [5.41, 5.74) is 5.25. The fraction of sp³-hybridized carbons (Fsp3) is 0.278. The van der Waals surface area contributed by atoms with Crippen LogP contribution in [0.3, 0.4) is 0 Å². The molecular weight excluding hydrogens is 302 g/mol. The highest BCUT2D eigenvalue weighted by molar-refractivity contribution is 5.95. The third kappa shape index (κ3) is 1.85.